The highest BCUT2D eigenvalue weighted by Crippen LogP contribution is 2.48. The minimum atomic E-state index is -4.40. The average Bonchev–Trinajstić information content (AvgIpc) is 3.31. The van der Waals surface area contributed by atoms with Crippen LogP contribution in [0, 0.1) is 17.8 Å². The van der Waals surface area contributed by atoms with Crippen molar-refractivity contribution in [3.8, 4) is 5.75 Å². The van der Waals surface area contributed by atoms with Crippen molar-refractivity contribution in [3.05, 3.63) is 29.3 Å². The molecule has 3 rings (SSSR count). The summed E-state index contributed by atoms with van der Waals surface area (Å²) < 4.78 is 46.7. The van der Waals surface area contributed by atoms with Crippen LogP contribution in [-0.2, 0) is 31.9 Å². The number of hydrogen-bond donors (Lipinski definition) is 2. The molecule has 4 unspecified atom stereocenters. The summed E-state index contributed by atoms with van der Waals surface area (Å²) in [6.07, 6.45) is 6.82. The molecule has 38 heavy (non-hydrogen) atoms. The van der Waals surface area contributed by atoms with Gasteiger partial charge < -0.3 is 24.4 Å². The van der Waals surface area contributed by atoms with E-state index in [0.29, 0.717) is 5.92 Å². The smallest absolute Gasteiger partial charge is 0.422 e. The Hall–Kier alpha value is -2.33. The molecule has 0 heterocycles. The highest BCUT2D eigenvalue weighted by atomic mass is 19.4. The van der Waals surface area contributed by atoms with Crippen LogP contribution in [0.4, 0.5) is 13.2 Å². The first-order valence-electron chi connectivity index (χ1n) is 13.2. The second-order valence-electron chi connectivity index (χ2n) is 9.68. The van der Waals surface area contributed by atoms with E-state index in [9.17, 15) is 23.1 Å². The van der Waals surface area contributed by atoms with Crippen molar-refractivity contribution in [1.29, 1.82) is 0 Å². The van der Waals surface area contributed by atoms with E-state index in [1.165, 1.54) is 43.9 Å². The number of esters is 1. The molecule has 2 aliphatic rings. The highest BCUT2D eigenvalue weighted by molar-refractivity contribution is 5.71. The Morgan fingerprint density at radius 1 is 1.16 bits per heavy atom. The van der Waals surface area contributed by atoms with E-state index >= 15 is 0 Å². The van der Waals surface area contributed by atoms with E-state index in [1.54, 1.807) is 0 Å². The maximum absolute atomic E-state index is 11.4. The summed E-state index contributed by atoms with van der Waals surface area (Å²) in [6.45, 7) is 0.432. The molecule has 4 atom stereocenters. The third kappa shape index (κ3) is 12.0. The predicted molar refractivity (Wildman–Crippen MR) is 137 cm³/mol. The summed E-state index contributed by atoms with van der Waals surface area (Å²) in [5.41, 5.74) is 2.66. The van der Waals surface area contributed by atoms with Crippen molar-refractivity contribution in [2.75, 3.05) is 27.4 Å². The lowest BCUT2D eigenvalue weighted by molar-refractivity contribution is -0.177. The van der Waals surface area contributed by atoms with Gasteiger partial charge in [0.05, 0.1) is 13.2 Å². The van der Waals surface area contributed by atoms with Crippen LogP contribution in [0.15, 0.2) is 18.2 Å². The molecule has 218 valence electrons. The molecule has 0 aromatic heterocycles. The second kappa shape index (κ2) is 18.0. The van der Waals surface area contributed by atoms with Gasteiger partial charge in [-0.15, -0.1) is 0 Å². The van der Waals surface area contributed by atoms with Crippen molar-refractivity contribution in [1.82, 2.24) is 0 Å². The van der Waals surface area contributed by atoms with Crippen LogP contribution >= 0.6 is 0 Å². The Morgan fingerprint density at radius 3 is 2.50 bits per heavy atom. The summed E-state index contributed by atoms with van der Waals surface area (Å²) in [6, 6.07) is 6.22. The number of aliphatic hydroxyl groups excluding tert-OH is 2. The fraction of sp³-hybridized carbons (Fsp3) is 0.714. The second-order valence-corrected chi connectivity index (χ2v) is 9.68. The number of alkyl halides is 3. The van der Waals surface area contributed by atoms with Gasteiger partial charge in [-0.05, 0) is 79.9 Å². The van der Waals surface area contributed by atoms with E-state index in [1.807, 2.05) is 12.1 Å². The number of aliphatic hydroxyl groups is 2. The first-order chi connectivity index (χ1) is 18.2. The Morgan fingerprint density at radius 2 is 1.89 bits per heavy atom. The minimum absolute atomic E-state index is 0.0282. The molecule has 1 saturated carbocycles. The van der Waals surface area contributed by atoms with Crippen LogP contribution in [0.1, 0.15) is 69.4 Å². The predicted octanol–water partition coefficient (Wildman–Crippen LogP) is 5.03. The molecular weight excluding hydrogens is 505 g/mol. The Labute approximate surface area is 223 Å². The third-order valence-corrected chi connectivity index (χ3v) is 7.17. The molecule has 1 aromatic carbocycles. The number of methoxy groups -OCH3 is 1. The molecule has 0 bridgehead atoms. The van der Waals surface area contributed by atoms with Crippen LogP contribution in [0.2, 0.25) is 0 Å². The molecular formula is C28H43F3O7. The summed E-state index contributed by atoms with van der Waals surface area (Å²) in [5, 5.41) is 17.3. The number of carbonyl (C=O) groups excluding carboxylic acids is 2. The van der Waals surface area contributed by atoms with Gasteiger partial charge >= 0.3 is 12.1 Å². The monoisotopic (exact) mass is 548 g/mol. The van der Waals surface area contributed by atoms with Gasteiger partial charge in [-0.3, -0.25) is 4.79 Å². The zero-order valence-electron chi connectivity index (χ0n) is 22.7. The fourth-order valence-electron chi connectivity index (χ4n) is 5.38. The normalized spacial score (nSPS) is 20.4. The van der Waals surface area contributed by atoms with E-state index in [2.05, 4.69) is 17.7 Å². The van der Waals surface area contributed by atoms with E-state index < -0.39 is 12.8 Å². The number of ether oxygens (including phenoxy) is 3. The standard InChI is InChI=1S/C24H36O4.C3H3F3O2.CH4O/c1-3-4-5-8-20(25)13-12-17-10-11-19-15-22-18(14-21(17)19)7-6-9-23(22)28-16-24(26)27-2;4-3(5,6)1-8-2-7;1-2/h6-7,9,17,19-21,25H,3-5,8,10-16H2,1-2H3;2H,1H2;2H,1H3. The van der Waals surface area contributed by atoms with Crippen LogP contribution in [0.5, 0.6) is 5.75 Å². The number of rotatable bonds is 12. The van der Waals surface area contributed by atoms with Gasteiger partial charge in [-0.2, -0.15) is 13.2 Å². The van der Waals surface area contributed by atoms with Crippen LogP contribution < -0.4 is 4.74 Å². The zero-order chi connectivity index (χ0) is 28.6. The first-order valence-corrected chi connectivity index (χ1v) is 13.2. The van der Waals surface area contributed by atoms with Gasteiger partial charge in [0, 0.05) is 7.11 Å². The Balaban J connectivity index is 0.000000620. The van der Waals surface area contributed by atoms with Crippen LogP contribution in [0.3, 0.4) is 0 Å². The molecule has 0 aliphatic heterocycles. The molecule has 0 amide bonds. The molecule has 7 nitrogen and oxygen atoms in total. The lowest BCUT2D eigenvalue weighted by atomic mass is 9.73. The molecule has 2 N–H and O–H groups in total. The maximum Gasteiger partial charge on any atom is 0.422 e. The summed E-state index contributed by atoms with van der Waals surface area (Å²) >= 11 is 0. The fourth-order valence-corrected chi connectivity index (χ4v) is 5.38. The van der Waals surface area contributed by atoms with Gasteiger partial charge in [0.2, 0.25) is 0 Å². The topological polar surface area (TPSA) is 102 Å². The lowest BCUT2D eigenvalue weighted by Gasteiger charge is -2.32. The largest absolute Gasteiger partial charge is 0.482 e. The van der Waals surface area contributed by atoms with Gasteiger partial charge in [-0.25, -0.2) is 4.79 Å². The number of unbranched alkanes of at least 4 members (excludes halogenated alkanes) is 2. The number of halogens is 3. The average molecular weight is 549 g/mol. The van der Waals surface area contributed by atoms with Gasteiger partial charge in [0.25, 0.3) is 6.47 Å². The first kappa shape index (κ1) is 33.7. The molecule has 0 saturated heterocycles. The van der Waals surface area contributed by atoms with E-state index in [-0.39, 0.29) is 25.2 Å². The quantitative estimate of drug-likeness (QED) is 0.215. The molecule has 2 aliphatic carbocycles. The van der Waals surface area contributed by atoms with Crippen LogP contribution in [0.25, 0.3) is 0 Å². The summed E-state index contributed by atoms with van der Waals surface area (Å²) in [4.78, 5) is 20.6. The number of carbonyl (C=O) groups is 2. The minimum Gasteiger partial charge on any atom is -0.482 e. The number of hydrogen-bond acceptors (Lipinski definition) is 7. The molecule has 1 aromatic rings. The van der Waals surface area contributed by atoms with Gasteiger partial charge in [0.15, 0.2) is 13.2 Å². The molecule has 10 heteroatoms. The van der Waals surface area contributed by atoms with Crippen molar-refractivity contribution in [2.45, 2.75) is 83.4 Å². The van der Waals surface area contributed by atoms with Gasteiger partial charge in [-0.1, -0.05) is 38.3 Å². The number of benzene rings is 1. The van der Waals surface area contributed by atoms with Crippen LogP contribution in [-0.4, -0.2) is 62.4 Å². The highest BCUT2D eigenvalue weighted by Gasteiger charge is 2.39. The number of fused-ring (bicyclic) bond motifs is 2. The zero-order valence-corrected chi connectivity index (χ0v) is 22.7. The molecule has 0 radical (unpaired) electrons. The SMILES string of the molecule is CCCCCC(O)CCC1CCC2Cc3c(cccc3OCC(=O)OC)CC12.CO.O=COCC(F)(F)F. The lowest BCUT2D eigenvalue weighted by Crippen LogP contribution is -2.26. The van der Waals surface area contributed by atoms with E-state index in [0.717, 1.165) is 63.2 Å². The summed E-state index contributed by atoms with van der Waals surface area (Å²) in [5.74, 6) is 2.67. The van der Waals surface area contributed by atoms with Crippen molar-refractivity contribution in [3.63, 3.8) is 0 Å². The maximum atomic E-state index is 11.4. The summed E-state index contributed by atoms with van der Waals surface area (Å²) in [7, 11) is 2.39. The Kier molecular flexibility index (Phi) is 16.0. The van der Waals surface area contributed by atoms with E-state index in [4.69, 9.17) is 19.4 Å². The third-order valence-electron chi connectivity index (χ3n) is 7.17. The van der Waals surface area contributed by atoms with Gasteiger partial charge in [0.1, 0.15) is 5.75 Å². The van der Waals surface area contributed by atoms with Crippen molar-refractivity contribution < 1.29 is 47.2 Å². The Bertz CT molecular complexity index is 816. The van der Waals surface area contributed by atoms with Crippen molar-refractivity contribution in [2.24, 2.45) is 17.8 Å². The van der Waals surface area contributed by atoms with Crippen molar-refractivity contribution >= 4 is 12.4 Å². The molecule has 0 spiro atoms. The molecule has 1 fully saturated rings.